The summed E-state index contributed by atoms with van der Waals surface area (Å²) in [6.45, 7) is 0.876. The van der Waals surface area contributed by atoms with Crippen LogP contribution < -0.4 is 18.7 Å². The van der Waals surface area contributed by atoms with E-state index in [4.69, 9.17) is 9.47 Å². The van der Waals surface area contributed by atoms with Crippen molar-refractivity contribution in [2.45, 2.75) is 9.79 Å². The van der Waals surface area contributed by atoms with E-state index in [2.05, 4.69) is 0 Å². The molecule has 37 heavy (non-hydrogen) atoms. The molecule has 0 radical (unpaired) electrons. The maximum Gasteiger partial charge on any atom is 0.264 e. The fourth-order valence-corrected chi connectivity index (χ4v) is 6.78. The molecule has 1 fully saturated rings. The topological polar surface area (TPSA) is 96.5 Å². The van der Waals surface area contributed by atoms with Crippen molar-refractivity contribution in [3.05, 3.63) is 72.5 Å². The Labute approximate surface area is 216 Å². The number of benzene rings is 3. The molecule has 1 heterocycles. The molecule has 0 amide bonds. The molecule has 0 spiro atoms. The van der Waals surface area contributed by atoms with Crippen LogP contribution in [-0.2, 0) is 20.0 Å². The lowest BCUT2D eigenvalue weighted by molar-refractivity contribution is 0.378. The number of hydrogen-bond acceptors (Lipinski definition) is 7. The summed E-state index contributed by atoms with van der Waals surface area (Å²) >= 11 is 0. The maximum absolute atomic E-state index is 13.6. The van der Waals surface area contributed by atoms with E-state index in [1.54, 1.807) is 30.3 Å². The molecule has 3 aromatic rings. The van der Waals surface area contributed by atoms with Crippen molar-refractivity contribution in [2.75, 3.05) is 56.7 Å². The lowest BCUT2D eigenvalue weighted by Crippen LogP contribution is -2.48. The third-order valence-electron chi connectivity index (χ3n) is 6.26. The molecule has 1 aliphatic heterocycles. The minimum atomic E-state index is -3.90. The Hall–Kier alpha value is -3.35. The number of piperazine rings is 1. The van der Waals surface area contributed by atoms with Gasteiger partial charge in [-0.05, 0) is 60.7 Å². The third kappa shape index (κ3) is 5.36. The smallest absolute Gasteiger partial charge is 0.264 e. The van der Waals surface area contributed by atoms with Gasteiger partial charge in [0.05, 0.1) is 35.4 Å². The van der Waals surface area contributed by atoms with Gasteiger partial charge in [0.25, 0.3) is 10.0 Å². The van der Waals surface area contributed by atoms with Gasteiger partial charge in [-0.3, -0.25) is 4.31 Å². The Morgan fingerprint density at radius 1 is 0.811 bits per heavy atom. The van der Waals surface area contributed by atoms with Crippen molar-refractivity contribution >= 4 is 31.4 Å². The summed E-state index contributed by atoms with van der Waals surface area (Å²) < 4.78 is 79.4. The summed E-state index contributed by atoms with van der Waals surface area (Å²) in [6, 6.07) is 16.2. The molecule has 1 saturated heterocycles. The molecule has 4 rings (SSSR count). The van der Waals surface area contributed by atoms with Crippen LogP contribution in [0.2, 0.25) is 0 Å². The number of nitrogens with zero attached hydrogens (tertiary/aromatic N) is 3. The van der Waals surface area contributed by atoms with E-state index in [-0.39, 0.29) is 22.9 Å². The van der Waals surface area contributed by atoms with Crippen LogP contribution in [0.4, 0.5) is 15.8 Å². The van der Waals surface area contributed by atoms with E-state index in [1.807, 2.05) is 4.90 Å². The van der Waals surface area contributed by atoms with Crippen LogP contribution in [0, 0.1) is 5.82 Å². The van der Waals surface area contributed by atoms with Gasteiger partial charge in [0.2, 0.25) is 10.0 Å². The van der Waals surface area contributed by atoms with E-state index in [9.17, 15) is 21.2 Å². The fraction of sp³-hybridized carbons (Fsp3) is 0.280. The molecule has 0 saturated carbocycles. The SMILES string of the molecule is COc1ccc(N(C)S(=O)(=O)c2ccc(OC)c(N3CCN(S(=O)(=O)c4cccc(F)c4)CC3)c2)cc1. The molecule has 0 N–H and O–H groups in total. The number of ether oxygens (including phenoxy) is 2. The van der Waals surface area contributed by atoms with Gasteiger partial charge < -0.3 is 14.4 Å². The Kier molecular flexibility index (Phi) is 7.62. The van der Waals surface area contributed by atoms with Crippen LogP contribution in [0.25, 0.3) is 0 Å². The van der Waals surface area contributed by atoms with Crippen LogP contribution >= 0.6 is 0 Å². The van der Waals surface area contributed by atoms with E-state index < -0.39 is 25.9 Å². The highest BCUT2D eigenvalue weighted by molar-refractivity contribution is 7.92. The second-order valence-electron chi connectivity index (χ2n) is 8.35. The quantitative estimate of drug-likeness (QED) is 0.426. The van der Waals surface area contributed by atoms with Crippen molar-refractivity contribution in [3.63, 3.8) is 0 Å². The van der Waals surface area contributed by atoms with Crippen molar-refractivity contribution in [3.8, 4) is 11.5 Å². The van der Waals surface area contributed by atoms with Crippen LogP contribution in [0.3, 0.4) is 0 Å². The first-order chi connectivity index (χ1) is 17.6. The predicted molar refractivity (Wildman–Crippen MR) is 139 cm³/mol. The first-order valence-electron chi connectivity index (χ1n) is 11.4. The highest BCUT2D eigenvalue weighted by Gasteiger charge is 2.31. The van der Waals surface area contributed by atoms with Gasteiger partial charge in [-0.25, -0.2) is 21.2 Å². The number of hydrogen-bond donors (Lipinski definition) is 0. The second kappa shape index (κ2) is 10.6. The highest BCUT2D eigenvalue weighted by Crippen LogP contribution is 2.34. The minimum absolute atomic E-state index is 0.0661. The summed E-state index contributed by atoms with van der Waals surface area (Å²) in [4.78, 5) is 1.84. The molecule has 0 atom stereocenters. The second-order valence-corrected chi connectivity index (χ2v) is 12.3. The molecule has 0 aromatic heterocycles. The average Bonchev–Trinajstić information content (AvgIpc) is 2.92. The van der Waals surface area contributed by atoms with Gasteiger partial charge in [0.15, 0.2) is 0 Å². The number of sulfonamides is 2. The zero-order valence-electron chi connectivity index (χ0n) is 20.7. The Balaban J connectivity index is 1.57. The van der Waals surface area contributed by atoms with Crippen LogP contribution in [-0.4, -0.2) is 68.6 Å². The van der Waals surface area contributed by atoms with Gasteiger partial charge in [0, 0.05) is 33.2 Å². The van der Waals surface area contributed by atoms with Gasteiger partial charge in [-0.15, -0.1) is 0 Å². The lowest BCUT2D eigenvalue weighted by atomic mass is 10.2. The van der Waals surface area contributed by atoms with E-state index in [0.717, 1.165) is 6.07 Å². The molecular weight excluding hydrogens is 521 g/mol. The fourth-order valence-electron chi connectivity index (χ4n) is 4.11. The monoisotopic (exact) mass is 549 g/mol. The average molecular weight is 550 g/mol. The zero-order chi connectivity index (χ0) is 26.8. The normalized spacial score (nSPS) is 14.9. The van der Waals surface area contributed by atoms with E-state index >= 15 is 0 Å². The highest BCUT2D eigenvalue weighted by atomic mass is 32.2. The molecule has 9 nitrogen and oxygen atoms in total. The van der Waals surface area contributed by atoms with Crippen molar-refractivity contribution in [1.82, 2.24) is 4.31 Å². The lowest BCUT2D eigenvalue weighted by Gasteiger charge is -2.36. The molecule has 0 bridgehead atoms. The summed E-state index contributed by atoms with van der Waals surface area (Å²) in [5.74, 6) is 0.453. The van der Waals surface area contributed by atoms with E-state index in [1.165, 1.54) is 60.2 Å². The van der Waals surface area contributed by atoms with Crippen molar-refractivity contribution in [2.24, 2.45) is 0 Å². The van der Waals surface area contributed by atoms with Crippen LogP contribution in [0.15, 0.2) is 76.5 Å². The largest absolute Gasteiger partial charge is 0.497 e. The van der Waals surface area contributed by atoms with Gasteiger partial charge in [-0.2, -0.15) is 4.31 Å². The number of halogens is 1. The molecule has 3 aromatic carbocycles. The molecule has 1 aliphatic rings. The van der Waals surface area contributed by atoms with E-state index in [0.29, 0.717) is 36.0 Å². The van der Waals surface area contributed by atoms with Gasteiger partial charge in [0.1, 0.15) is 17.3 Å². The summed E-state index contributed by atoms with van der Waals surface area (Å²) in [5, 5.41) is 0. The summed E-state index contributed by atoms with van der Waals surface area (Å²) in [6.07, 6.45) is 0. The van der Waals surface area contributed by atoms with Gasteiger partial charge in [-0.1, -0.05) is 6.07 Å². The number of methoxy groups -OCH3 is 2. The molecule has 198 valence electrons. The number of anilines is 2. The van der Waals surface area contributed by atoms with Gasteiger partial charge >= 0.3 is 0 Å². The van der Waals surface area contributed by atoms with Crippen molar-refractivity contribution in [1.29, 1.82) is 0 Å². The first kappa shape index (κ1) is 26.7. The molecular formula is C25H28FN3O6S2. The standard InChI is InChI=1S/C25H28FN3O6S2/c1-27(20-7-9-21(34-2)10-8-20)36(30,31)23-11-12-25(35-3)24(18-23)28-13-15-29(16-14-28)37(32,33)22-6-4-5-19(26)17-22/h4-12,17-18H,13-16H2,1-3H3. The first-order valence-corrected chi connectivity index (χ1v) is 14.3. The third-order valence-corrected chi connectivity index (χ3v) is 9.93. The molecule has 0 unspecified atom stereocenters. The summed E-state index contributed by atoms with van der Waals surface area (Å²) in [7, 11) is -3.27. The van der Waals surface area contributed by atoms with Crippen LogP contribution in [0.5, 0.6) is 11.5 Å². The zero-order valence-corrected chi connectivity index (χ0v) is 22.3. The Morgan fingerprint density at radius 3 is 2.08 bits per heavy atom. The minimum Gasteiger partial charge on any atom is -0.497 e. The molecule has 0 aliphatic carbocycles. The predicted octanol–water partition coefficient (Wildman–Crippen LogP) is 3.18. The number of rotatable bonds is 8. The van der Waals surface area contributed by atoms with Crippen LogP contribution in [0.1, 0.15) is 0 Å². The molecule has 12 heteroatoms. The van der Waals surface area contributed by atoms with Crippen molar-refractivity contribution < 1.29 is 30.7 Å². The summed E-state index contributed by atoms with van der Waals surface area (Å²) in [5.41, 5.74) is 1.00. The maximum atomic E-state index is 13.6. The Morgan fingerprint density at radius 2 is 1.49 bits per heavy atom. The Bertz CT molecular complexity index is 1470.